The monoisotopic (exact) mass is 431 g/mol. The van der Waals surface area contributed by atoms with Crippen LogP contribution in [0.25, 0.3) is 0 Å². The number of aromatic nitrogens is 1. The summed E-state index contributed by atoms with van der Waals surface area (Å²) in [7, 11) is 0. The van der Waals surface area contributed by atoms with Crippen molar-refractivity contribution in [2.24, 2.45) is 5.84 Å². The molecular weight excluding hydrogens is 402 g/mol. The number of nitrogens with zero attached hydrogens (tertiary/aromatic N) is 2. The van der Waals surface area contributed by atoms with E-state index in [1.165, 1.54) is 5.01 Å². The predicted molar refractivity (Wildman–Crippen MR) is 124 cm³/mol. The van der Waals surface area contributed by atoms with Gasteiger partial charge in [0.25, 0.3) is 5.91 Å². The van der Waals surface area contributed by atoms with Crippen LogP contribution in [0.2, 0.25) is 0 Å². The summed E-state index contributed by atoms with van der Waals surface area (Å²) in [6, 6.07) is 23.0. The highest BCUT2D eigenvalue weighted by molar-refractivity contribution is 5.93. The van der Waals surface area contributed by atoms with E-state index in [-0.39, 0.29) is 17.8 Å². The first kappa shape index (κ1) is 23.2. The highest BCUT2D eigenvalue weighted by atomic mass is 16.5. The fourth-order valence-corrected chi connectivity index (χ4v) is 3.57. The molecule has 3 rings (SSSR count). The molecule has 0 saturated heterocycles. The van der Waals surface area contributed by atoms with Crippen molar-refractivity contribution in [2.45, 2.75) is 32.1 Å². The van der Waals surface area contributed by atoms with Gasteiger partial charge in [0.1, 0.15) is 0 Å². The number of benzene rings is 2. The first-order chi connectivity index (χ1) is 15.6. The fraction of sp³-hybridized carbons (Fsp3) is 0.269. The zero-order chi connectivity index (χ0) is 22.8. The molecule has 0 bridgehead atoms. The van der Waals surface area contributed by atoms with Gasteiger partial charge in [-0.25, -0.2) is 5.84 Å². The van der Waals surface area contributed by atoms with E-state index in [0.717, 1.165) is 16.8 Å². The highest BCUT2D eigenvalue weighted by Crippen LogP contribution is 2.25. The normalized spacial score (nSPS) is 11.6. The fourth-order valence-electron chi connectivity index (χ4n) is 3.57. The van der Waals surface area contributed by atoms with Gasteiger partial charge in [-0.05, 0) is 54.7 Å². The Balaban J connectivity index is 1.63. The summed E-state index contributed by atoms with van der Waals surface area (Å²) in [5.74, 6) is 5.54. The Morgan fingerprint density at radius 1 is 1.00 bits per heavy atom. The number of carbonyl (C=O) groups excluding carboxylic acids is 2. The van der Waals surface area contributed by atoms with Gasteiger partial charge in [-0.15, -0.1) is 0 Å². The molecule has 0 aliphatic carbocycles. The molecule has 2 N–H and O–H groups in total. The van der Waals surface area contributed by atoms with E-state index in [0.29, 0.717) is 38.0 Å². The zero-order valence-corrected chi connectivity index (χ0v) is 18.3. The van der Waals surface area contributed by atoms with E-state index in [9.17, 15) is 9.59 Å². The first-order valence-electron chi connectivity index (χ1n) is 10.8. The maximum absolute atomic E-state index is 12.7. The maximum atomic E-state index is 12.7. The zero-order valence-electron chi connectivity index (χ0n) is 18.3. The minimum Gasteiger partial charge on any atom is -0.466 e. The van der Waals surface area contributed by atoms with Gasteiger partial charge in [0.05, 0.1) is 13.0 Å². The Kier molecular flexibility index (Phi) is 8.52. The summed E-state index contributed by atoms with van der Waals surface area (Å²) in [5, 5.41) is 1.22. The molecule has 0 aliphatic rings. The van der Waals surface area contributed by atoms with Crippen LogP contribution in [0.15, 0.2) is 79.0 Å². The Labute approximate surface area is 189 Å². The number of hydrogen-bond donors (Lipinski definition) is 1. The molecule has 1 unspecified atom stereocenters. The largest absolute Gasteiger partial charge is 0.466 e. The average Bonchev–Trinajstić information content (AvgIpc) is 2.83. The van der Waals surface area contributed by atoms with Crippen molar-refractivity contribution in [3.63, 3.8) is 0 Å². The van der Waals surface area contributed by atoms with Crippen LogP contribution in [-0.4, -0.2) is 35.0 Å². The number of pyridine rings is 1. The maximum Gasteiger partial charge on any atom is 0.306 e. The molecule has 0 aliphatic heterocycles. The van der Waals surface area contributed by atoms with Crippen molar-refractivity contribution in [1.29, 1.82) is 0 Å². The van der Waals surface area contributed by atoms with Crippen molar-refractivity contribution in [2.75, 3.05) is 13.2 Å². The van der Waals surface area contributed by atoms with E-state index < -0.39 is 0 Å². The standard InChI is InChI=1S/C26H29N3O3/c1-2-32-25(30)19-23(21-8-4-3-5-9-21)18-20-11-13-22(14-12-20)26(31)29(27)17-15-24-10-6-7-16-28-24/h3-14,16,23H,2,15,17-19,27H2,1H3. The average molecular weight is 432 g/mol. The molecule has 6 heteroatoms. The summed E-state index contributed by atoms with van der Waals surface area (Å²) in [4.78, 5) is 29.0. The van der Waals surface area contributed by atoms with Crippen molar-refractivity contribution in [3.8, 4) is 0 Å². The Morgan fingerprint density at radius 2 is 1.72 bits per heavy atom. The number of carbonyl (C=O) groups is 2. The number of hydrogen-bond acceptors (Lipinski definition) is 5. The number of amides is 1. The molecule has 1 atom stereocenters. The molecule has 32 heavy (non-hydrogen) atoms. The predicted octanol–water partition coefficient (Wildman–Crippen LogP) is 3.92. The van der Waals surface area contributed by atoms with Crippen molar-refractivity contribution >= 4 is 11.9 Å². The number of rotatable bonds is 10. The second kappa shape index (κ2) is 11.8. The SMILES string of the molecule is CCOC(=O)CC(Cc1ccc(C(=O)N(N)CCc2ccccn2)cc1)c1ccccc1. The molecule has 1 aromatic heterocycles. The van der Waals surface area contributed by atoms with Crippen LogP contribution in [-0.2, 0) is 22.4 Å². The topological polar surface area (TPSA) is 85.5 Å². The molecule has 166 valence electrons. The number of esters is 1. The molecule has 6 nitrogen and oxygen atoms in total. The molecule has 0 spiro atoms. The Bertz CT molecular complexity index is 992. The number of hydrazine groups is 1. The summed E-state index contributed by atoms with van der Waals surface area (Å²) in [5.41, 5.74) is 3.54. The van der Waals surface area contributed by atoms with Gasteiger partial charge >= 0.3 is 5.97 Å². The second-order valence-corrected chi connectivity index (χ2v) is 7.59. The summed E-state index contributed by atoms with van der Waals surface area (Å²) < 4.78 is 5.16. The lowest BCUT2D eigenvalue weighted by Gasteiger charge is -2.18. The lowest BCUT2D eigenvalue weighted by atomic mass is 9.89. The third-order valence-electron chi connectivity index (χ3n) is 5.27. The van der Waals surface area contributed by atoms with Gasteiger partial charge < -0.3 is 4.74 Å². The molecular formula is C26H29N3O3. The Hall–Kier alpha value is -3.51. The van der Waals surface area contributed by atoms with Crippen molar-refractivity contribution in [3.05, 3.63) is 101 Å². The van der Waals surface area contributed by atoms with Gasteiger partial charge in [0.2, 0.25) is 0 Å². The van der Waals surface area contributed by atoms with Gasteiger partial charge in [-0.2, -0.15) is 0 Å². The van der Waals surface area contributed by atoms with Crippen LogP contribution in [0, 0.1) is 0 Å². The smallest absolute Gasteiger partial charge is 0.306 e. The van der Waals surface area contributed by atoms with Gasteiger partial charge in [0.15, 0.2) is 0 Å². The van der Waals surface area contributed by atoms with Crippen molar-refractivity contribution < 1.29 is 14.3 Å². The third-order valence-corrected chi connectivity index (χ3v) is 5.27. The number of nitrogens with two attached hydrogens (primary N) is 1. The van der Waals surface area contributed by atoms with Crippen LogP contribution in [0.1, 0.15) is 46.4 Å². The minimum absolute atomic E-state index is 0.00109. The van der Waals surface area contributed by atoms with E-state index in [4.69, 9.17) is 10.6 Å². The molecule has 0 saturated carbocycles. The minimum atomic E-state index is -0.237. The Morgan fingerprint density at radius 3 is 2.38 bits per heavy atom. The van der Waals surface area contributed by atoms with Crippen LogP contribution in [0.4, 0.5) is 0 Å². The van der Waals surface area contributed by atoms with Crippen LogP contribution in [0.5, 0.6) is 0 Å². The second-order valence-electron chi connectivity index (χ2n) is 7.59. The van der Waals surface area contributed by atoms with E-state index in [1.54, 1.807) is 18.3 Å². The highest BCUT2D eigenvalue weighted by Gasteiger charge is 2.18. The lowest BCUT2D eigenvalue weighted by molar-refractivity contribution is -0.143. The summed E-state index contributed by atoms with van der Waals surface area (Å²) >= 11 is 0. The summed E-state index contributed by atoms with van der Waals surface area (Å²) in [6.45, 7) is 2.56. The van der Waals surface area contributed by atoms with E-state index >= 15 is 0 Å². The van der Waals surface area contributed by atoms with Crippen LogP contribution >= 0.6 is 0 Å². The first-order valence-corrected chi connectivity index (χ1v) is 10.8. The van der Waals surface area contributed by atoms with Gasteiger partial charge in [-0.1, -0.05) is 48.5 Å². The van der Waals surface area contributed by atoms with Gasteiger partial charge in [0, 0.05) is 30.4 Å². The van der Waals surface area contributed by atoms with Gasteiger partial charge in [-0.3, -0.25) is 19.6 Å². The van der Waals surface area contributed by atoms with Crippen LogP contribution in [0.3, 0.4) is 0 Å². The molecule has 2 aromatic carbocycles. The molecule has 3 aromatic rings. The third kappa shape index (κ3) is 6.75. The van der Waals surface area contributed by atoms with E-state index in [2.05, 4.69) is 4.98 Å². The molecule has 0 radical (unpaired) electrons. The van der Waals surface area contributed by atoms with E-state index in [1.807, 2.05) is 67.6 Å². The van der Waals surface area contributed by atoms with Crippen LogP contribution < -0.4 is 5.84 Å². The number of ether oxygens (including phenoxy) is 1. The molecule has 1 heterocycles. The summed E-state index contributed by atoms with van der Waals surface area (Å²) in [6.07, 6.45) is 3.29. The molecule has 0 fully saturated rings. The molecule has 1 amide bonds. The van der Waals surface area contributed by atoms with Crippen molar-refractivity contribution in [1.82, 2.24) is 9.99 Å². The lowest BCUT2D eigenvalue weighted by Crippen LogP contribution is -2.39. The quantitative estimate of drug-likeness (QED) is 0.228.